The van der Waals surface area contributed by atoms with Crippen LogP contribution in [0.15, 0.2) is 60.6 Å². The van der Waals surface area contributed by atoms with E-state index in [4.69, 9.17) is 0 Å². The van der Waals surface area contributed by atoms with E-state index in [2.05, 4.69) is 10.9 Å². The van der Waals surface area contributed by atoms with Gasteiger partial charge in [0, 0.05) is 20.5 Å². The zero-order valence-electron chi connectivity index (χ0n) is 21.0. The first kappa shape index (κ1) is 25.2. The Morgan fingerprint density at radius 3 is 2.57 bits per heavy atom. The molecule has 2 aliphatic heterocycles. The van der Waals surface area contributed by atoms with Crippen molar-refractivity contribution < 1.29 is 23.8 Å². The smallest absolute Gasteiger partial charge is 0.244 e. The molecule has 2 heterocycles. The average Bonchev–Trinajstić information content (AvgIpc) is 3.47. The van der Waals surface area contributed by atoms with Crippen LogP contribution in [-0.4, -0.2) is 66.0 Å². The van der Waals surface area contributed by atoms with Crippen LogP contribution >= 0.6 is 0 Å². The normalized spacial score (nSPS) is 22.1. The molecule has 0 bridgehead atoms. The number of halogens is 2. The molecule has 0 unspecified atom stereocenters. The lowest BCUT2D eigenvalue weighted by Gasteiger charge is -2.28. The third-order valence-corrected chi connectivity index (χ3v) is 7.16. The zero-order valence-corrected chi connectivity index (χ0v) is 21.0. The monoisotopic (exact) mass is 511 g/mol. The quantitative estimate of drug-likeness (QED) is 0.468. The molecule has 3 atom stereocenters. The van der Waals surface area contributed by atoms with Crippen LogP contribution in [0.5, 0.6) is 0 Å². The summed E-state index contributed by atoms with van der Waals surface area (Å²) in [6, 6.07) is 12.8. The SMILES string of the molecule is CN(C)C1=CN(CC(=O)N2C[C@H](F)C[C@H]2C(=O)N[C@@H](c2ccccc2)c2ccc(C3CC3)c(F)c2)N[NH2+]1. The summed E-state index contributed by atoms with van der Waals surface area (Å²) in [7, 11) is 3.77. The number of nitrogens with one attached hydrogen (secondary N) is 2. The minimum atomic E-state index is -1.30. The summed E-state index contributed by atoms with van der Waals surface area (Å²) in [5, 5.41) is 4.59. The highest BCUT2D eigenvalue weighted by Gasteiger charge is 2.41. The number of nitrogens with zero attached hydrogens (tertiary/aromatic N) is 3. The molecule has 0 aromatic heterocycles. The summed E-state index contributed by atoms with van der Waals surface area (Å²) in [5.41, 5.74) is 6.84. The summed E-state index contributed by atoms with van der Waals surface area (Å²) in [5.74, 6) is 0.0621. The number of likely N-dealkylation sites (tertiary alicyclic amines) is 1. The number of benzene rings is 2. The third kappa shape index (κ3) is 5.60. The fraction of sp³-hybridized carbons (Fsp3) is 0.407. The average molecular weight is 512 g/mol. The second-order valence-corrected chi connectivity index (χ2v) is 10.2. The Morgan fingerprint density at radius 1 is 1.16 bits per heavy atom. The van der Waals surface area contributed by atoms with E-state index in [0.29, 0.717) is 11.1 Å². The minimum absolute atomic E-state index is 0.0414. The Labute approximate surface area is 215 Å². The molecule has 2 amide bonds. The van der Waals surface area contributed by atoms with Crippen LogP contribution in [0.4, 0.5) is 8.78 Å². The lowest BCUT2D eigenvalue weighted by atomic mass is 9.96. The first-order valence-electron chi connectivity index (χ1n) is 12.6. The van der Waals surface area contributed by atoms with Gasteiger partial charge in [0.2, 0.25) is 17.6 Å². The first-order chi connectivity index (χ1) is 17.8. The maximum absolute atomic E-state index is 14.9. The van der Waals surface area contributed by atoms with Gasteiger partial charge in [0.05, 0.1) is 12.6 Å². The zero-order chi connectivity index (χ0) is 26.1. The highest BCUT2D eigenvalue weighted by molar-refractivity contribution is 5.89. The maximum Gasteiger partial charge on any atom is 0.244 e. The molecule has 0 radical (unpaired) electrons. The topological polar surface area (TPSA) is 84.5 Å². The van der Waals surface area contributed by atoms with E-state index in [1.54, 1.807) is 22.7 Å². The second kappa shape index (κ2) is 10.5. The molecule has 0 spiro atoms. The van der Waals surface area contributed by atoms with Gasteiger partial charge in [-0.3, -0.25) is 14.6 Å². The van der Waals surface area contributed by atoms with Gasteiger partial charge >= 0.3 is 0 Å². The third-order valence-electron chi connectivity index (χ3n) is 7.16. The van der Waals surface area contributed by atoms with Crippen LogP contribution in [0.2, 0.25) is 0 Å². The molecule has 196 valence electrons. The maximum atomic E-state index is 14.9. The van der Waals surface area contributed by atoms with Crippen molar-refractivity contribution in [1.29, 1.82) is 0 Å². The van der Waals surface area contributed by atoms with Gasteiger partial charge < -0.3 is 15.1 Å². The Bertz CT molecular complexity index is 1190. The molecule has 1 saturated heterocycles. The number of carbonyl (C=O) groups is 2. The summed E-state index contributed by atoms with van der Waals surface area (Å²) in [6.45, 7) is -0.181. The van der Waals surface area contributed by atoms with Crippen molar-refractivity contribution in [3.05, 3.63) is 83.1 Å². The van der Waals surface area contributed by atoms with Crippen molar-refractivity contribution in [1.82, 2.24) is 25.7 Å². The molecule has 2 aromatic rings. The van der Waals surface area contributed by atoms with Crippen LogP contribution in [0, 0.1) is 5.82 Å². The van der Waals surface area contributed by atoms with Crippen LogP contribution in [0.3, 0.4) is 0 Å². The molecule has 4 N–H and O–H groups in total. The lowest BCUT2D eigenvalue weighted by Crippen LogP contribution is -2.92. The van der Waals surface area contributed by atoms with E-state index in [0.717, 1.165) is 24.2 Å². The first-order valence-corrected chi connectivity index (χ1v) is 12.6. The molecule has 1 saturated carbocycles. The van der Waals surface area contributed by atoms with Crippen LogP contribution in [-0.2, 0) is 9.59 Å². The van der Waals surface area contributed by atoms with E-state index in [1.807, 2.05) is 55.4 Å². The molecule has 1 aliphatic carbocycles. The molecule has 3 aliphatic rings. The van der Waals surface area contributed by atoms with Gasteiger partial charge in [0.1, 0.15) is 30.8 Å². The molecule has 37 heavy (non-hydrogen) atoms. The van der Waals surface area contributed by atoms with Gasteiger partial charge in [-0.05, 0) is 41.5 Å². The molecule has 8 nitrogen and oxygen atoms in total. The number of hydrogen-bond donors (Lipinski definition) is 3. The van der Waals surface area contributed by atoms with Gasteiger partial charge in [-0.15, -0.1) is 0 Å². The number of quaternary nitrogens is 1. The molecule has 2 aromatic carbocycles. The number of alkyl halides is 1. The highest BCUT2D eigenvalue weighted by atomic mass is 19.1. The Hall–Kier alpha value is -3.50. The largest absolute Gasteiger partial charge is 0.343 e. The molecule has 2 fully saturated rings. The van der Waals surface area contributed by atoms with Crippen LogP contribution in [0.1, 0.15) is 47.9 Å². The lowest BCUT2D eigenvalue weighted by molar-refractivity contribution is -0.686. The number of rotatable bonds is 8. The molecule has 10 heteroatoms. The van der Waals surface area contributed by atoms with E-state index >= 15 is 0 Å². The van der Waals surface area contributed by atoms with Gasteiger partial charge in [0.25, 0.3) is 0 Å². The predicted molar refractivity (Wildman–Crippen MR) is 133 cm³/mol. The summed E-state index contributed by atoms with van der Waals surface area (Å²) in [6.07, 6.45) is 2.38. The van der Waals surface area contributed by atoms with Crippen molar-refractivity contribution in [3.63, 3.8) is 0 Å². The summed E-state index contributed by atoms with van der Waals surface area (Å²) >= 11 is 0. The van der Waals surface area contributed by atoms with E-state index in [9.17, 15) is 18.4 Å². The summed E-state index contributed by atoms with van der Waals surface area (Å²) < 4.78 is 29.4. The van der Waals surface area contributed by atoms with Crippen molar-refractivity contribution in [2.75, 3.05) is 27.2 Å². The van der Waals surface area contributed by atoms with Crippen molar-refractivity contribution in [2.45, 2.75) is 43.4 Å². The van der Waals surface area contributed by atoms with Crippen LogP contribution in [0.25, 0.3) is 0 Å². The number of carbonyl (C=O) groups excluding carboxylic acids is 2. The van der Waals surface area contributed by atoms with Gasteiger partial charge in [-0.1, -0.05) is 48.0 Å². The van der Waals surface area contributed by atoms with E-state index in [-0.39, 0.29) is 37.2 Å². The predicted octanol–water partition coefficient (Wildman–Crippen LogP) is 1.51. The number of hydrazine groups is 1. The molecule has 5 rings (SSSR count). The standard InChI is InChI=1S/C27H32F2N6O2/c1-33(2)24-15-34(32-31-24)16-25(36)35-14-20(28)13-23(35)27(37)30-26(18-6-4-3-5-7-18)19-10-11-21(17-8-9-17)22(29)12-19/h3-7,10-12,15,17,20,23,26,31-32H,8-9,13-14,16H2,1-2H3,(H,30,37)/p+1/t20-,23+,26+/m1/s1. The van der Waals surface area contributed by atoms with Crippen molar-refractivity contribution in [3.8, 4) is 0 Å². The Kier molecular flexibility index (Phi) is 7.12. The fourth-order valence-corrected chi connectivity index (χ4v) is 4.96. The second-order valence-electron chi connectivity index (χ2n) is 10.2. The minimum Gasteiger partial charge on any atom is -0.343 e. The summed E-state index contributed by atoms with van der Waals surface area (Å²) in [4.78, 5) is 29.8. The molecular weight excluding hydrogens is 478 g/mol. The van der Waals surface area contributed by atoms with Crippen LogP contribution < -0.4 is 16.3 Å². The molecular formula is C27H33F2N6O2+. The van der Waals surface area contributed by atoms with E-state index < -0.39 is 24.2 Å². The number of hydrogen-bond acceptors (Lipinski definition) is 5. The Morgan fingerprint density at radius 2 is 1.92 bits per heavy atom. The number of amides is 2. The highest BCUT2D eigenvalue weighted by Crippen LogP contribution is 2.42. The van der Waals surface area contributed by atoms with Gasteiger partial charge in [0.15, 0.2) is 0 Å². The Balaban J connectivity index is 1.34. The van der Waals surface area contributed by atoms with Gasteiger partial charge in [-0.25, -0.2) is 14.2 Å². The van der Waals surface area contributed by atoms with Gasteiger partial charge in [-0.2, -0.15) is 0 Å². The van der Waals surface area contributed by atoms with Crippen molar-refractivity contribution >= 4 is 11.8 Å². The van der Waals surface area contributed by atoms with Crippen molar-refractivity contribution in [2.24, 2.45) is 0 Å². The number of nitrogens with two attached hydrogens (primary N) is 1. The fourth-order valence-electron chi connectivity index (χ4n) is 4.96. The van der Waals surface area contributed by atoms with E-state index in [1.165, 1.54) is 11.0 Å².